The molecule has 0 bridgehead atoms. The molecule has 0 aliphatic heterocycles. The van der Waals surface area contributed by atoms with Gasteiger partial charge in [0, 0.05) is 13.1 Å². The fraction of sp³-hybridized carbons (Fsp3) is 0.929. The highest BCUT2D eigenvalue weighted by atomic mass is 16.4. The van der Waals surface area contributed by atoms with Crippen LogP contribution in [-0.2, 0) is 4.79 Å². The van der Waals surface area contributed by atoms with Crippen LogP contribution in [0.25, 0.3) is 0 Å². The molecule has 2 atom stereocenters. The lowest BCUT2D eigenvalue weighted by Crippen LogP contribution is -2.51. The Morgan fingerprint density at radius 3 is 2.39 bits per heavy atom. The van der Waals surface area contributed by atoms with Gasteiger partial charge in [-0.05, 0) is 32.4 Å². The number of carboxylic acid groups (broad SMARTS) is 1. The molecule has 0 saturated carbocycles. The Kier molecular flexibility index (Phi) is 8.20. The lowest BCUT2D eigenvalue weighted by atomic mass is 9.97. The number of rotatable bonds is 10. The maximum atomic E-state index is 11.3. The molecule has 0 aliphatic rings. The van der Waals surface area contributed by atoms with Gasteiger partial charge < -0.3 is 15.3 Å². The molecular weight excluding hydrogens is 228 g/mol. The highest BCUT2D eigenvalue weighted by molar-refractivity contribution is 5.78. The Hall–Kier alpha value is -0.610. The molecular formula is C14H30N2O2. The van der Waals surface area contributed by atoms with Gasteiger partial charge in [0.05, 0.1) is 0 Å². The zero-order valence-corrected chi connectivity index (χ0v) is 12.6. The summed E-state index contributed by atoms with van der Waals surface area (Å²) in [6, 6.07) is 0. The van der Waals surface area contributed by atoms with Crippen LogP contribution in [0.3, 0.4) is 0 Å². The molecule has 0 heterocycles. The maximum Gasteiger partial charge on any atom is 0.323 e. The van der Waals surface area contributed by atoms with Crippen molar-refractivity contribution in [2.75, 3.05) is 26.2 Å². The molecule has 18 heavy (non-hydrogen) atoms. The van der Waals surface area contributed by atoms with Crippen LogP contribution >= 0.6 is 0 Å². The molecule has 0 fully saturated rings. The van der Waals surface area contributed by atoms with E-state index >= 15 is 0 Å². The zero-order chi connectivity index (χ0) is 14.2. The van der Waals surface area contributed by atoms with Crippen molar-refractivity contribution < 1.29 is 9.90 Å². The smallest absolute Gasteiger partial charge is 0.323 e. The highest BCUT2D eigenvalue weighted by Crippen LogP contribution is 2.12. The number of nitrogens with zero attached hydrogens (tertiary/aromatic N) is 1. The Bertz CT molecular complexity index is 246. The first kappa shape index (κ1) is 17.4. The molecule has 0 aromatic heterocycles. The van der Waals surface area contributed by atoms with Crippen LogP contribution in [0, 0.1) is 5.92 Å². The van der Waals surface area contributed by atoms with E-state index in [0.29, 0.717) is 18.9 Å². The third-order valence-electron chi connectivity index (χ3n) is 3.68. The lowest BCUT2D eigenvalue weighted by Gasteiger charge is -2.30. The van der Waals surface area contributed by atoms with Crippen molar-refractivity contribution in [3.05, 3.63) is 0 Å². The first-order chi connectivity index (χ1) is 8.39. The second-order valence-electron chi connectivity index (χ2n) is 5.32. The van der Waals surface area contributed by atoms with Crippen LogP contribution in [0.4, 0.5) is 0 Å². The van der Waals surface area contributed by atoms with Crippen molar-refractivity contribution in [3.8, 4) is 0 Å². The van der Waals surface area contributed by atoms with Gasteiger partial charge >= 0.3 is 5.97 Å². The van der Waals surface area contributed by atoms with E-state index in [1.807, 2.05) is 6.92 Å². The Morgan fingerprint density at radius 1 is 1.39 bits per heavy atom. The second kappa shape index (κ2) is 8.48. The minimum Gasteiger partial charge on any atom is -0.480 e. The number of aliphatic carboxylic acids is 1. The molecule has 0 aromatic rings. The number of nitrogens with one attached hydrogen (secondary N) is 1. The third kappa shape index (κ3) is 5.83. The highest BCUT2D eigenvalue weighted by Gasteiger charge is 2.32. The van der Waals surface area contributed by atoms with Gasteiger partial charge in [0.1, 0.15) is 5.54 Å². The molecule has 0 aliphatic carbocycles. The van der Waals surface area contributed by atoms with Gasteiger partial charge in [-0.15, -0.1) is 0 Å². The van der Waals surface area contributed by atoms with Gasteiger partial charge in [-0.2, -0.15) is 0 Å². The summed E-state index contributed by atoms with van der Waals surface area (Å²) in [6.07, 6.45) is 1.81. The maximum absolute atomic E-state index is 11.3. The van der Waals surface area contributed by atoms with Crippen LogP contribution in [0.5, 0.6) is 0 Å². The van der Waals surface area contributed by atoms with Crippen LogP contribution in [0.1, 0.15) is 47.5 Å². The van der Waals surface area contributed by atoms with Gasteiger partial charge in [-0.1, -0.05) is 34.1 Å². The summed E-state index contributed by atoms with van der Waals surface area (Å²) in [6.45, 7) is 13.8. The monoisotopic (exact) mass is 258 g/mol. The minimum atomic E-state index is -0.808. The number of carboxylic acids is 1. The summed E-state index contributed by atoms with van der Waals surface area (Å²) < 4.78 is 0. The van der Waals surface area contributed by atoms with Gasteiger partial charge in [0.15, 0.2) is 0 Å². The molecule has 2 N–H and O–H groups in total. The predicted octanol–water partition coefficient (Wildman–Crippen LogP) is 2.20. The number of likely N-dealkylation sites (N-methyl/N-ethyl adjacent to an activating group) is 1. The minimum absolute atomic E-state index is 0.639. The van der Waals surface area contributed by atoms with E-state index in [9.17, 15) is 9.90 Å². The summed E-state index contributed by atoms with van der Waals surface area (Å²) in [5.74, 6) is -0.0934. The SMILES string of the molecule is CCNC(C)(CCN(CC)CC(C)CC)C(=O)O. The predicted molar refractivity (Wildman–Crippen MR) is 75.9 cm³/mol. The molecule has 0 rings (SSSR count). The van der Waals surface area contributed by atoms with E-state index in [-0.39, 0.29) is 0 Å². The number of carbonyl (C=O) groups is 1. The van der Waals surface area contributed by atoms with Gasteiger partial charge in [0.2, 0.25) is 0 Å². The Morgan fingerprint density at radius 2 is 2.00 bits per heavy atom. The van der Waals surface area contributed by atoms with Crippen LogP contribution < -0.4 is 5.32 Å². The van der Waals surface area contributed by atoms with Crippen LogP contribution in [0.2, 0.25) is 0 Å². The van der Waals surface area contributed by atoms with Crippen molar-refractivity contribution in [1.29, 1.82) is 0 Å². The fourth-order valence-electron chi connectivity index (χ4n) is 1.99. The first-order valence-electron chi connectivity index (χ1n) is 7.10. The summed E-state index contributed by atoms with van der Waals surface area (Å²) in [4.78, 5) is 13.6. The molecule has 0 saturated heterocycles. The van der Waals surface area contributed by atoms with Crippen molar-refractivity contribution >= 4 is 5.97 Å². The third-order valence-corrected chi connectivity index (χ3v) is 3.68. The van der Waals surface area contributed by atoms with E-state index in [0.717, 1.165) is 19.6 Å². The molecule has 2 unspecified atom stereocenters. The average Bonchev–Trinajstić information content (AvgIpc) is 2.34. The second-order valence-corrected chi connectivity index (χ2v) is 5.32. The Balaban J connectivity index is 4.35. The van der Waals surface area contributed by atoms with Crippen molar-refractivity contribution in [2.45, 2.75) is 53.0 Å². The molecule has 108 valence electrons. The lowest BCUT2D eigenvalue weighted by molar-refractivity contribution is -0.144. The fourth-order valence-corrected chi connectivity index (χ4v) is 1.99. The van der Waals surface area contributed by atoms with E-state index in [4.69, 9.17) is 0 Å². The van der Waals surface area contributed by atoms with Gasteiger partial charge in [-0.3, -0.25) is 4.79 Å². The van der Waals surface area contributed by atoms with Crippen LogP contribution in [-0.4, -0.2) is 47.7 Å². The topological polar surface area (TPSA) is 52.6 Å². The van der Waals surface area contributed by atoms with E-state index in [1.54, 1.807) is 6.92 Å². The summed E-state index contributed by atoms with van der Waals surface area (Å²) in [5, 5.41) is 12.4. The van der Waals surface area contributed by atoms with Crippen molar-refractivity contribution in [2.24, 2.45) is 5.92 Å². The average molecular weight is 258 g/mol. The van der Waals surface area contributed by atoms with E-state index in [2.05, 4.69) is 31.0 Å². The Labute approximate surface area is 112 Å². The normalized spacial score (nSPS) is 16.6. The van der Waals surface area contributed by atoms with Crippen LogP contribution in [0.15, 0.2) is 0 Å². The summed E-state index contributed by atoms with van der Waals surface area (Å²) in [5.41, 5.74) is -0.808. The van der Waals surface area contributed by atoms with Gasteiger partial charge in [-0.25, -0.2) is 0 Å². The summed E-state index contributed by atoms with van der Waals surface area (Å²) in [7, 11) is 0. The molecule has 0 radical (unpaired) electrons. The number of hydrogen-bond donors (Lipinski definition) is 2. The standard InChI is InChI=1S/C14H30N2O2/c1-6-12(4)11-16(8-3)10-9-14(5,13(17)18)15-7-2/h12,15H,6-11H2,1-5H3,(H,17,18). The first-order valence-corrected chi connectivity index (χ1v) is 7.10. The molecule has 4 nitrogen and oxygen atoms in total. The summed E-state index contributed by atoms with van der Waals surface area (Å²) >= 11 is 0. The molecule has 0 amide bonds. The van der Waals surface area contributed by atoms with Crippen molar-refractivity contribution in [3.63, 3.8) is 0 Å². The van der Waals surface area contributed by atoms with E-state index in [1.165, 1.54) is 6.42 Å². The zero-order valence-electron chi connectivity index (χ0n) is 12.6. The number of hydrogen-bond acceptors (Lipinski definition) is 3. The van der Waals surface area contributed by atoms with Gasteiger partial charge in [0.25, 0.3) is 0 Å². The van der Waals surface area contributed by atoms with Crippen molar-refractivity contribution in [1.82, 2.24) is 10.2 Å². The largest absolute Gasteiger partial charge is 0.480 e. The molecule has 0 aromatic carbocycles. The van der Waals surface area contributed by atoms with E-state index < -0.39 is 11.5 Å². The molecule has 0 spiro atoms. The quantitative estimate of drug-likeness (QED) is 0.631. The molecule has 4 heteroatoms.